The van der Waals surface area contributed by atoms with Crippen molar-refractivity contribution in [1.29, 1.82) is 0 Å². The van der Waals surface area contributed by atoms with E-state index < -0.39 is 11.6 Å². The standard InChI is InChI=1S/C19H28F2OSi/c1-2-3-13-4-8-17(9-5-13)23-12-16-7-6-14-10-15(20)11-18(21)19(14)22-16/h10-11,13,16-17H,2-9,12,23H2,1H3. The van der Waals surface area contributed by atoms with Crippen molar-refractivity contribution in [3.05, 3.63) is 29.3 Å². The molecule has 4 heteroatoms. The number of fused-ring (bicyclic) bond motifs is 1. The maximum absolute atomic E-state index is 13.9. The van der Waals surface area contributed by atoms with E-state index in [4.69, 9.17) is 4.74 Å². The molecule has 0 spiro atoms. The highest BCUT2D eigenvalue weighted by molar-refractivity contribution is 6.37. The summed E-state index contributed by atoms with van der Waals surface area (Å²) >= 11 is 0. The van der Waals surface area contributed by atoms with Crippen LogP contribution in [0.5, 0.6) is 5.75 Å². The molecule has 0 N–H and O–H groups in total. The number of aryl methyl sites for hydroxylation is 1. The van der Waals surface area contributed by atoms with E-state index in [9.17, 15) is 8.78 Å². The van der Waals surface area contributed by atoms with Crippen LogP contribution in [0.25, 0.3) is 0 Å². The second-order valence-electron chi connectivity index (χ2n) is 7.41. The lowest BCUT2D eigenvalue weighted by Crippen LogP contribution is -2.26. The first-order valence-electron chi connectivity index (χ1n) is 9.30. The van der Waals surface area contributed by atoms with E-state index in [1.165, 1.54) is 44.6 Å². The van der Waals surface area contributed by atoms with Crippen LogP contribution >= 0.6 is 0 Å². The molecule has 1 saturated carbocycles. The Bertz CT molecular complexity index is 526. The van der Waals surface area contributed by atoms with Crippen molar-refractivity contribution in [3.8, 4) is 5.75 Å². The second-order valence-corrected chi connectivity index (χ2v) is 9.72. The Morgan fingerprint density at radius 2 is 1.91 bits per heavy atom. The maximum Gasteiger partial charge on any atom is 0.168 e. The lowest BCUT2D eigenvalue weighted by atomic mass is 9.86. The molecular weight excluding hydrogens is 310 g/mol. The maximum atomic E-state index is 13.9. The van der Waals surface area contributed by atoms with Crippen LogP contribution < -0.4 is 4.74 Å². The zero-order valence-electron chi connectivity index (χ0n) is 14.1. The molecule has 1 aromatic carbocycles. The molecule has 1 fully saturated rings. The molecule has 1 nitrogen and oxygen atoms in total. The third-order valence-electron chi connectivity index (χ3n) is 5.67. The van der Waals surface area contributed by atoms with Crippen LogP contribution in [-0.4, -0.2) is 15.6 Å². The predicted molar refractivity (Wildman–Crippen MR) is 93.1 cm³/mol. The lowest BCUT2D eigenvalue weighted by molar-refractivity contribution is 0.181. The molecule has 23 heavy (non-hydrogen) atoms. The number of rotatable bonds is 5. The summed E-state index contributed by atoms with van der Waals surface area (Å²) < 4.78 is 33.0. The van der Waals surface area contributed by atoms with Gasteiger partial charge in [-0.1, -0.05) is 51.0 Å². The molecule has 1 aliphatic heterocycles. The highest BCUT2D eigenvalue weighted by Crippen LogP contribution is 2.37. The summed E-state index contributed by atoms with van der Waals surface area (Å²) in [5.41, 5.74) is 1.65. The monoisotopic (exact) mass is 338 g/mol. The van der Waals surface area contributed by atoms with E-state index in [2.05, 4.69) is 6.92 Å². The summed E-state index contributed by atoms with van der Waals surface area (Å²) in [6.07, 6.45) is 10.1. The SMILES string of the molecule is CCCC1CCC([SiH2]CC2CCc3cc(F)cc(F)c3O2)CC1. The summed E-state index contributed by atoms with van der Waals surface area (Å²) in [4.78, 5) is 0. The van der Waals surface area contributed by atoms with Gasteiger partial charge in [-0.05, 0) is 30.9 Å². The van der Waals surface area contributed by atoms with Gasteiger partial charge in [-0.15, -0.1) is 0 Å². The normalized spacial score (nSPS) is 27.9. The average molecular weight is 339 g/mol. The Labute approximate surface area is 140 Å². The molecule has 1 aliphatic carbocycles. The van der Waals surface area contributed by atoms with Crippen LogP contribution in [0.2, 0.25) is 11.6 Å². The molecule has 1 atom stereocenters. The quantitative estimate of drug-likeness (QED) is 0.685. The van der Waals surface area contributed by atoms with Crippen LogP contribution in [-0.2, 0) is 6.42 Å². The van der Waals surface area contributed by atoms with E-state index in [-0.39, 0.29) is 15.6 Å². The van der Waals surface area contributed by atoms with Gasteiger partial charge in [-0.25, -0.2) is 8.78 Å². The van der Waals surface area contributed by atoms with Crippen molar-refractivity contribution >= 4 is 9.52 Å². The van der Waals surface area contributed by atoms with Gasteiger partial charge < -0.3 is 4.74 Å². The number of hydrogen-bond acceptors (Lipinski definition) is 1. The molecule has 3 rings (SSSR count). The minimum absolute atomic E-state index is 0.155. The van der Waals surface area contributed by atoms with Gasteiger partial charge in [0.25, 0.3) is 0 Å². The van der Waals surface area contributed by atoms with Gasteiger partial charge in [0.2, 0.25) is 0 Å². The van der Waals surface area contributed by atoms with Crippen molar-refractivity contribution in [1.82, 2.24) is 0 Å². The molecule has 0 aromatic heterocycles. The first-order valence-corrected chi connectivity index (χ1v) is 11.1. The van der Waals surface area contributed by atoms with Gasteiger partial charge in [0.05, 0.1) is 6.10 Å². The third-order valence-corrected chi connectivity index (χ3v) is 8.28. The Kier molecular flexibility index (Phi) is 5.73. The molecular formula is C19H28F2OSi. The summed E-state index contributed by atoms with van der Waals surface area (Å²) in [6, 6.07) is 3.49. The molecule has 0 radical (unpaired) electrons. The fourth-order valence-electron chi connectivity index (χ4n) is 4.32. The van der Waals surface area contributed by atoms with Crippen LogP contribution in [0.1, 0.15) is 57.4 Å². The molecule has 1 unspecified atom stereocenters. The zero-order chi connectivity index (χ0) is 16.2. The fraction of sp³-hybridized carbons (Fsp3) is 0.684. The van der Waals surface area contributed by atoms with Gasteiger partial charge in [0.15, 0.2) is 11.6 Å². The Hall–Kier alpha value is -0.903. The fourth-order valence-corrected chi connectivity index (χ4v) is 6.61. The van der Waals surface area contributed by atoms with Gasteiger partial charge in [-0.2, -0.15) is 0 Å². The largest absolute Gasteiger partial charge is 0.487 e. The second kappa shape index (κ2) is 7.78. The van der Waals surface area contributed by atoms with E-state index >= 15 is 0 Å². The van der Waals surface area contributed by atoms with E-state index in [0.717, 1.165) is 36.4 Å². The smallest absolute Gasteiger partial charge is 0.168 e. The van der Waals surface area contributed by atoms with Crippen LogP contribution in [0.15, 0.2) is 12.1 Å². The van der Waals surface area contributed by atoms with Crippen molar-refractivity contribution in [2.24, 2.45) is 5.92 Å². The molecule has 1 heterocycles. The molecule has 1 aromatic rings. The molecule has 2 aliphatic rings. The van der Waals surface area contributed by atoms with Gasteiger partial charge in [0.1, 0.15) is 5.82 Å². The van der Waals surface area contributed by atoms with Crippen LogP contribution in [0.4, 0.5) is 8.78 Å². The van der Waals surface area contributed by atoms with Crippen LogP contribution in [0, 0.1) is 17.6 Å². The first-order chi connectivity index (χ1) is 11.2. The number of benzene rings is 1. The first kappa shape index (κ1) is 16.9. The van der Waals surface area contributed by atoms with Crippen molar-refractivity contribution in [3.63, 3.8) is 0 Å². The van der Waals surface area contributed by atoms with Gasteiger partial charge in [-0.3, -0.25) is 0 Å². The molecule has 0 amide bonds. The summed E-state index contributed by atoms with van der Waals surface area (Å²) in [7, 11) is -0.158. The number of halogens is 2. The Morgan fingerprint density at radius 3 is 2.65 bits per heavy atom. The lowest BCUT2D eigenvalue weighted by Gasteiger charge is -2.31. The van der Waals surface area contributed by atoms with E-state index in [1.807, 2.05) is 0 Å². The minimum Gasteiger partial charge on any atom is -0.487 e. The van der Waals surface area contributed by atoms with Gasteiger partial charge in [0, 0.05) is 21.1 Å². The molecule has 128 valence electrons. The number of hydrogen-bond donors (Lipinski definition) is 0. The average Bonchev–Trinajstić information content (AvgIpc) is 2.55. The topological polar surface area (TPSA) is 9.23 Å². The number of ether oxygens (including phenoxy) is 1. The van der Waals surface area contributed by atoms with Crippen molar-refractivity contribution < 1.29 is 13.5 Å². The summed E-state index contributed by atoms with van der Waals surface area (Å²) in [6.45, 7) is 2.28. The Balaban J connectivity index is 1.47. The van der Waals surface area contributed by atoms with Gasteiger partial charge >= 0.3 is 0 Å². The highest BCUT2D eigenvalue weighted by atomic mass is 28.2. The van der Waals surface area contributed by atoms with E-state index in [1.54, 1.807) is 0 Å². The third kappa shape index (κ3) is 4.34. The van der Waals surface area contributed by atoms with Crippen molar-refractivity contribution in [2.45, 2.75) is 76.0 Å². The van der Waals surface area contributed by atoms with Crippen LogP contribution in [0.3, 0.4) is 0 Å². The molecule has 0 bridgehead atoms. The predicted octanol–water partition coefficient (Wildman–Crippen LogP) is 5.02. The minimum atomic E-state index is -0.536. The summed E-state index contributed by atoms with van der Waals surface area (Å²) in [5, 5.41) is 0. The summed E-state index contributed by atoms with van der Waals surface area (Å²) in [5.74, 6) is 0.239. The highest BCUT2D eigenvalue weighted by Gasteiger charge is 2.26. The zero-order valence-corrected chi connectivity index (χ0v) is 15.5. The van der Waals surface area contributed by atoms with Crippen molar-refractivity contribution in [2.75, 3.05) is 0 Å². The Morgan fingerprint density at radius 1 is 1.13 bits per heavy atom. The molecule has 0 saturated heterocycles. The van der Waals surface area contributed by atoms with E-state index in [0.29, 0.717) is 11.3 Å².